The maximum Gasteiger partial charge on any atom is 0.238 e. The molecule has 0 heterocycles. The molecule has 0 radical (unpaired) electrons. The Balaban J connectivity index is 2.56. The lowest BCUT2D eigenvalue weighted by Crippen LogP contribution is -2.44. The topological polar surface area (TPSA) is 66.5 Å². The lowest BCUT2D eigenvalue weighted by atomic mass is 10.2. The molecule has 0 bridgehead atoms. The first-order valence-corrected chi connectivity index (χ1v) is 8.43. The summed E-state index contributed by atoms with van der Waals surface area (Å²) in [5, 5.41) is 1.66. The molecule has 6 heteroatoms. The van der Waals surface area contributed by atoms with Crippen LogP contribution in [-0.4, -0.2) is 45.5 Å². The van der Waals surface area contributed by atoms with Gasteiger partial charge in [-0.1, -0.05) is 18.2 Å². The molecule has 0 saturated heterocycles. The van der Waals surface area contributed by atoms with E-state index >= 15 is 0 Å². The molecular formula is C14H22N2O3S. The fourth-order valence-electron chi connectivity index (χ4n) is 1.64. The first-order valence-electron chi connectivity index (χ1n) is 6.48. The summed E-state index contributed by atoms with van der Waals surface area (Å²) >= 11 is 0. The Kier molecular flexibility index (Phi) is 5.56. The van der Waals surface area contributed by atoms with Gasteiger partial charge < -0.3 is 10.2 Å². The van der Waals surface area contributed by atoms with E-state index in [0.717, 1.165) is 11.9 Å². The van der Waals surface area contributed by atoms with Gasteiger partial charge in [-0.3, -0.25) is 4.79 Å². The van der Waals surface area contributed by atoms with E-state index in [-0.39, 0.29) is 6.04 Å². The molecule has 0 aliphatic rings. The van der Waals surface area contributed by atoms with Crippen LogP contribution in [0, 0.1) is 0 Å². The van der Waals surface area contributed by atoms with Crippen molar-refractivity contribution < 1.29 is 13.2 Å². The normalized spacial score (nSPS) is 14.4. The van der Waals surface area contributed by atoms with Crippen LogP contribution in [0.15, 0.2) is 30.3 Å². The van der Waals surface area contributed by atoms with Crippen LogP contribution in [0.3, 0.4) is 0 Å². The summed E-state index contributed by atoms with van der Waals surface area (Å²) in [6.07, 6.45) is 1.07. The third kappa shape index (κ3) is 4.52. The predicted molar refractivity (Wildman–Crippen MR) is 81.6 cm³/mol. The number of para-hydroxylation sites is 1. The Hall–Kier alpha value is -1.56. The number of amides is 1. The number of carbonyl (C=O) groups excluding carboxylic acids is 1. The lowest BCUT2D eigenvalue weighted by molar-refractivity contribution is -0.120. The summed E-state index contributed by atoms with van der Waals surface area (Å²) < 4.78 is 22.6. The Bertz CT molecular complexity index is 543. The fraction of sp³-hybridized carbons (Fsp3) is 0.500. The number of sulfone groups is 1. The van der Waals surface area contributed by atoms with Crippen LogP contribution >= 0.6 is 0 Å². The number of rotatable bonds is 6. The smallest absolute Gasteiger partial charge is 0.238 e. The molecule has 0 saturated carbocycles. The van der Waals surface area contributed by atoms with Gasteiger partial charge in [-0.25, -0.2) is 8.42 Å². The van der Waals surface area contributed by atoms with Crippen molar-refractivity contribution in [3.05, 3.63) is 30.3 Å². The summed E-state index contributed by atoms with van der Waals surface area (Å²) in [5.74, 6) is -0.458. The van der Waals surface area contributed by atoms with Gasteiger partial charge in [0.2, 0.25) is 5.91 Å². The van der Waals surface area contributed by atoms with Crippen LogP contribution in [0.1, 0.15) is 13.8 Å². The third-order valence-corrected chi connectivity index (χ3v) is 4.91. The average Bonchev–Trinajstić information content (AvgIpc) is 2.42. The SMILES string of the molecule is C[C@H](CNC(=O)[C@H](C)S(C)(=O)=O)N(C)c1ccccc1. The molecule has 5 nitrogen and oxygen atoms in total. The maximum atomic E-state index is 11.7. The number of nitrogens with one attached hydrogen (secondary N) is 1. The second-order valence-corrected chi connectivity index (χ2v) is 7.38. The zero-order valence-corrected chi connectivity index (χ0v) is 13.1. The molecule has 0 aliphatic carbocycles. The van der Waals surface area contributed by atoms with Crippen molar-refractivity contribution >= 4 is 21.4 Å². The number of likely N-dealkylation sites (N-methyl/N-ethyl adjacent to an activating group) is 1. The van der Waals surface area contributed by atoms with E-state index in [2.05, 4.69) is 5.32 Å². The standard InChI is InChI=1S/C14H22N2O3S/c1-11(16(3)13-8-6-5-7-9-13)10-15-14(17)12(2)20(4,18)19/h5-9,11-12H,10H2,1-4H3,(H,15,17)/t11-,12+/m1/s1. The monoisotopic (exact) mass is 298 g/mol. The van der Waals surface area contributed by atoms with Crippen LogP contribution < -0.4 is 10.2 Å². The van der Waals surface area contributed by atoms with Gasteiger partial charge in [0.05, 0.1) is 0 Å². The number of hydrogen-bond acceptors (Lipinski definition) is 4. The van der Waals surface area contributed by atoms with Crippen molar-refractivity contribution in [3.63, 3.8) is 0 Å². The van der Waals surface area contributed by atoms with Crippen LogP contribution in [0.4, 0.5) is 5.69 Å². The minimum atomic E-state index is -3.35. The average molecular weight is 298 g/mol. The fourth-order valence-corrected chi connectivity index (χ4v) is 2.11. The molecule has 1 rings (SSSR count). The van der Waals surface area contributed by atoms with Crippen LogP contribution in [-0.2, 0) is 14.6 Å². The summed E-state index contributed by atoms with van der Waals surface area (Å²) in [6.45, 7) is 3.76. The molecule has 20 heavy (non-hydrogen) atoms. The zero-order valence-electron chi connectivity index (χ0n) is 12.3. The Labute approximate surface area is 120 Å². The van der Waals surface area contributed by atoms with Crippen LogP contribution in [0.5, 0.6) is 0 Å². The van der Waals surface area contributed by atoms with Gasteiger partial charge in [0.25, 0.3) is 0 Å². The van der Waals surface area contributed by atoms with E-state index in [1.165, 1.54) is 6.92 Å². The molecule has 1 aromatic rings. The number of carbonyl (C=O) groups is 1. The molecule has 1 N–H and O–H groups in total. The number of hydrogen-bond donors (Lipinski definition) is 1. The van der Waals surface area contributed by atoms with E-state index in [9.17, 15) is 13.2 Å². The minimum Gasteiger partial charge on any atom is -0.370 e. The molecule has 112 valence electrons. The predicted octanol–water partition coefficient (Wildman–Crippen LogP) is 1.06. The van der Waals surface area contributed by atoms with Crippen molar-refractivity contribution in [3.8, 4) is 0 Å². The lowest BCUT2D eigenvalue weighted by Gasteiger charge is -2.27. The second-order valence-electron chi connectivity index (χ2n) is 5.01. The van der Waals surface area contributed by atoms with Crippen molar-refractivity contribution in [1.82, 2.24) is 5.32 Å². The van der Waals surface area contributed by atoms with Crippen molar-refractivity contribution in [2.45, 2.75) is 25.1 Å². The third-order valence-electron chi connectivity index (χ3n) is 3.41. The first-order chi connectivity index (χ1) is 9.23. The second kappa shape index (κ2) is 6.74. The van der Waals surface area contributed by atoms with Gasteiger partial charge in [-0.2, -0.15) is 0 Å². The largest absolute Gasteiger partial charge is 0.370 e. The van der Waals surface area contributed by atoms with Gasteiger partial charge in [0.1, 0.15) is 5.25 Å². The Morgan fingerprint density at radius 1 is 1.25 bits per heavy atom. The number of benzene rings is 1. The molecular weight excluding hydrogens is 276 g/mol. The molecule has 0 aliphatic heterocycles. The van der Waals surface area contributed by atoms with Gasteiger partial charge in [0, 0.05) is 31.6 Å². The number of nitrogens with zero attached hydrogens (tertiary/aromatic N) is 1. The maximum absolute atomic E-state index is 11.7. The van der Waals surface area contributed by atoms with Gasteiger partial charge in [-0.15, -0.1) is 0 Å². The molecule has 0 fully saturated rings. The molecule has 0 aromatic heterocycles. The first kappa shape index (κ1) is 16.5. The highest BCUT2D eigenvalue weighted by atomic mass is 32.2. The van der Waals surface area contributed by atoms with Crippen LogP contribution in [0.2, 0.25) is 0 Å². The minimum absolute atomic E-state index is 0.0631. The molecule has 1 amide bonds. The quantitative estimate of drug-likeness (QED) is 0.853. The summed E-state index contributed by atoms with van der Waals surface area (Å²) in [6, 6.07) is 9.87. The summed E-state index contributed by atoms with van der Waals surface area (Å²) in [5.41, 5.74) is 1.05. The van der Waals surface area contributed by atoms with E-state index in [0.29, 0.717) is 6.54 Å². The van der Waals surface area contributed by atoms with E-state index < -0.39 is 21.0 Å². The Morgan fingerprint density at radius 2 is 1.80 bits per heavy atom. The summed E-state index contributed by atoms with van der Waals surface area (Å²) in [4.78, 5) is 13.8. The molecule has 0 unspecified atom stereocenters. The Morgan fingerprint density at radius 3 is 2.30 bits per heavy atom. The van der Waals surface area contributed by atoms with Crippen molar-refractivity contribution in [2.75, 3.05) is 24.7 Å². The van der Waals surface area contributed by atoms with Gasteiger partial charge >= 0.3 is 0 Å². The van der Waals surface area contributed by atoms with E-state index in [1.54, 1.807) is 0 Å². The zero-order chi connectivity index (χ0) is 15.3. The van der Waals surface area contributed by atoms with E-state index in [1.807, 2.05) is 49.2 Å². The molecule has 2 atom stereocenters. The molecule has 1 aromatic carbocycles. The highest BCUT2D eigenvalue weighted by molar-refractivity contribution is 7.92. The highest BCUT2D eigenvalue weighted by Crippen LogP contribution is 2.13. The summed E-state index contributed by atoms with van der Waals surface area (Å²) in [7, 11) is -1.41. The van der Waals surface area contributed by atoms with E-state index in [4.69, 9.17) is 0 Å². The van der Waals surface area contributed by atoms with Crippen molar-refractivity contribution in [2.24, 2.45) is 0 Å². The highest BCUT2D eigenvalue weighted by Gasteiger charge is 2.23. The van der Waals surface area contributed by atoms with Gasteiger partial charge in [0.15, 0.2) is 9.84 Å². The van der Waals surface area contributed by atoms with Crippen molar-refractivity contribution in [1.29, 1.82) is 0 Å². The number of anilines is 1. The molecule has 0 spiro atoms. The van der Waals surface area contributed by atoms with Gasteiger partial charge in [-0.05, 0) is 26.0 Å². The van der Waals surface area contributed by atoms with Crippen LogP contribution in [0.25, 0.3) is 0 Å².